The first kappa shape index (κ1) is 16.8. The zero-order valence-electron chi connectivity index (χ0n) is 14.0. The largest absolute Gasteiger partial charge is 0.355 e. The molecular weight excluding hydrogens is 262 g/mol. The highest BCUT2D eigenvalue weighted by atomic mass is 16.2. The monoisotopic (exact) mass is 295 g/mol. The van der Waals surface area contributed by atoms with Gasteiger partial charge in [0.2, 0.25) is 5.91 Å². The van der Waals surface area contributed by atoms with Crippen LogP contribution >= 0.6 is 0 Å². The number of rotatable bonds is 8. The van der Waals surface area contributed by atoms with Crippen LogP contribution in [0.5, 0.6) is 0 Å². The van der Waals surface area contributed by atoms with Gasteiger partial charge in [0.05, 0.1) is 6.04 Å². The summed E-state index contributed by atoms with van der Waals surface area (Å²) in [6, 6.07) is 1.95. The van der Waals surface area contributed by atoms with E-state index in [-0.39, 0.29) is 11.9 Å². The quantitative estimate of drug-likeness (QED) is 0.675. The van der Waals surface area contributed by atoms with Gasteiger partial charge in [-0.25, -0.2) is 0 Å². The van der Waals surface area contributed by atoms with Crippen molar-refractivity contribution in [1.82, 2.24) is 15.5 Å². The standard InChI is InChI=1S/C17H33N3O/c1-4-6-9-18-17(21)13(3)20(10-5-2)16-11-14-7-8-15(12-16)19-14/h13-16,19H,4-12H2,1-3H3,(H,18,21). The molecule has 0 aromatic rings. The highest BCUT2D eigenvalue weighted by Crippen LogP contribution is 2.30. The number of piperidine rings is 1. The molecule has 4 nitrogen and oxygen atoms in total. The van der Waals surface area contributed by atoms with Crippen molar-refractivity contribution in [2.75, 3.05) is 13.1 Å². The average Bonchev–Trinajstić information content (AvgIpc) is 2.82. The fraction of sp³-hybridized carbons (Fsp3) is 0.941. The van der Waals surface area contributed by atoms with Crippen LogP contribution in [0.2, 0.25) is 0 Å². The minimum Gasteiger partial charge on any atom is -0.355 e. The summed E-state index contributed by atoms with van der Waals surface area (Å²) in [6.07, 6.45) is 8.38. The van der Waals surface area contributed by atoms with E-state index < -0.39 is 0 Å². The van der Waals surface area contributed by atoms with Gasteiger partial charge in [-0.3, -0.25) is 9.69 Å². The number of amides is 1. The van der Waals surface area contributed by atoms with Crippen molar-refractivity contribution in [3.05, 3.63) is 0 Å². The second-order valence-corrected chi connectivity index (χ2v) is 6.82. The van der Waals surface area contributed by atoms with Crippen molar-refractivity contribution in [3.8, 4) is 0 Å². The number of carbonyl (C=O) groups is 1. The van der Waals surface area contributed by atoms with E-state index in [2.05, 4.69) is 36.3 Å². The number of fused-ring (bicyclic) bond motifs is 2. The van der Waals surface area contributed by atoms with Crippen molar-refractivity contribution in [2.24, 2.45) is 0 Å². The Kier molecular flexibility index (Phi) is 6.49. The minimum absolute atomic E-state index is 0.00399. The molecule has 21 heavy (non-hydrogen) atoms. The molecule has 0 aromatic heterocycles. The van der Waals surface area contributed by atoms with E-state index in [9.17, 15) is 4.79 Å². The van der Waals surface area contributed by atoms with Crippen LogP contribution in [0.1, 0.15) is 65.7 Å². The van der Waals surface area contributed by atoms with Gasteiger partial charge in [0, 0.05) is 24.7 Å². The van der Waals surface area contributed by atoms with Crippen LogP contribution in [0, 0.1) is 0 Å². The third-order valence-electron chi connectivity index (χ3n) is 5.11. The number of nitrogens with zero attached hydrogens (tertiary/aromatic N) is 1. The molecule has 3 atom stereocenters. The van der Waals surface area contributed by atoms with E-state index in [1.54, 1.807) is 0 Å². The predicted octanol–water partition coefficient (Wildman–Crippen LogP) is 2.29. The second-order valence-electron chi connectivity index (χ2n) is 6.82. The number of carbonyl (C=O) groups excluding carboxylic acids is 1. The van der Waals surface area contributed by atoms with Gasteiger partial charge in [-0.15, -0.1) is 0 Å². The molecule has 0 radical (unpaired) electrons. The van der Waals surface area contributed by atoms with Gasteiger partial charge < -0.3 is 10.6 Å². The SMILES string of the molecule is CCCCNC(=O)C(C)N(CCC)C1CC2CCC(C1)N2. The number of unbranched alkanes of at least 4 members (excludes halogenated alkanes) is 1. The molecule has 4 heteroatoms. The van der Waals surface area contributed by atoms with Crippen LogP contribution in [0.3, 0.4) is 0 Å². The maximum Gasteiger partial charge on any atom is 0.237 e. The molecule has 0 aromatic carbocycles. The molecule has 2 N–H and O–H groups in total. The van der Waals surface area contributed by atoms with E-state index >= 15 is 0 Å². The van der Waals surface area contributed by atoms with Crippen molar-refractivity contribution in [3.63, 3.8) is 0 Å². The van der Waals surface area contributed by atoms with Gasteiger partial charge in [-0.05, 0) is 52.0 Å². The summed E-state index contributed by atoms with van der Waals surface area (Å²) in [5.74, 6) is 0.211. The topological polar surface area (TPSA) is 44.4 Å². The molecule has 2 fully saturated rings. The first-order valence-corrected chi connectivity index (χ1v) is 8.95. The van der Waals surface area contributed by atoms with Gasteiger partial charge in [0.25, 0.3) is 0 Å². The van der Waals surface area contributed by atoms with Gasteiger partial charge in [-0.1, -0.05) is 20.3 Å². The van der Waals surface area contributed by atoms with Gasteiger partial charge in [0.15, 0.2) is 0 Å². The van der Waals surface area contributed by atoms with Gasteiger partial charge >= 0.3 is 0 Å². The van der Waals surface area contributed by atoms with Crippen molar-refractivity contribution < 1.29 is 4.79 Å². The van der Waals surface area contributed by atoms with Gasteiger partial charge in [-0.2, -0.15) is 0 Å². The fourth-order valence-electron chi connectivity index (χ4n) is 3.94. The van der Waals surface area contributed by atoms with Crippen LogP contribution in [-0.4, -0.2) is 48.1 Å². The summed E-state index contributed by atoms with van der Waals surface area (Å²) < 4.78 is 0. The maximum absolute atomic E-state index is 12.4. The zero-order valence-corrected chi connectivity index (χ0v) is 14.0. The lowest BCUT2D eigenvalue weighted by molar-refractivity contribution is -0.127. The van der Waals surface area contributed by atoms with Crippen molar-refractivity contribution in [1.29, 1.82) is 0 Å². The molecule has 2 heterocycles. The predicted molar refractivity (Wildman–Crippen MR) is 87.3 cm³/mol. The molecule has 2 aliphatic heterocycles. The summed E-state index contributed by atoms with van der Waals surface area (Å²) in [5.41, 5.74) is 0. The van der Waals surface area contributed by atoms with Crippen LogP contribution in [0.15, 0.2) is 0 Å². The summed E-state index contributed by atoms with van der Waals surface area (Å²) >= 11 is 0. The van der Waals surface area contributed by atoms with E-state index in [4.69, 9.17) is 0 Å². The summed E-state index contributed by atoms with van der Waals surface area (Å²) in [4.78, 5) is 14.9. The molecule has 2 aliphatic rings. The number of hydrogen-bond acceptors (Lipinski definition) is 3. The molecule has 0 saturated carbocycles. The van der Waals surface area contributed by atoms with E-state index in [1.165, 1.54) is 25.7 Å². The number of nitrogens with one attached hydrogen (secondary N) is 2. The summed E-state index contributed by atoms with van der Waals surface area (Å²) in [7, 11) is 0. The molecule has 2 saturated heterocycles. The normalized spacial score (nSPS) is 29.6. The minimum atomic E-state index is 0.00399. The zero-order chi connectivity index (χ0) is 15.2. The summed E-state index contributed by atoms with van der Waals surface area (Å²) in [6.45, 7) is 8.30. The van der Waals surface area contributed by atoms with E-state index in [0.29, 0.717) is 18.1 Å². The van der Waals surface area contributed by atoms with Crippen LogP contribution in [0.25, 0.3) is 0 Å². The first-order valence-electron chi connectivity index (χ1n) is 8.95. The van der Waals surface area contributed by atoms with E-state index in [0.717, 1.165) is 32.4 Å². The second kappa shape index (κ2) is 8.14. The first-order chi connectivity index (χ1) is 10.2. The Hall–Kier alpha value is -0.610. The Labute approximate surface area is 130 Å². The Morgan fingerprint density at radius 2 is 1.90 bits per heavy atom. The third kappa shape index (κ3) is 4.43. The summed E-state index contributed by atoms with van der Waals surface area (Å²) in [5, 5.41) is 6.80. The highest BCUT2D eigenvalue weighted by Gasteiger charge is 2.38. The van der Waals surface area contributed by atoms with E-state index in [1.807, 2.05) is 0 Å². The van der Waals surface area contributed by atoms with Crippen LogP contribution in [-0.2, 0) is 4.79 Å². The molecule has 0 aliphatic carbocycles. The Morgan fingerprint density at radius 3 is 2.48 bits per heavy atom. The molecule has 3 unspecified atom stereocenters. The Balaban J connectivity index is 1.92. The average molecular weight is 295 g/mol. The fourth-order valence-corrected chi connectivity index (χ4v) is 3.94. The lowest BCUT2D eigenvalue weighted by atomic mass is 9.96. The molecule has 2 bridgehead atoms. The molecule has 0 spiro atoms. The molecule has 1 amide bonds. The lowest BCUT2D eigenvalue weighted by Crippen LogP contribution is -2.55. The lowest BCUT2D eigenvalue weighted by Gasteiger charge is -2.40. The van der Waals surface area contributed by atoms with Gasteiger partial charge in [0.1, 0.15) is 0 Å². The molecule has 2 rings (SSSR count). The van der Waals surface area contributed by atoms with Crippen LogP contribution in [0.4, 0.5) is 0 Å². The molecule has 122 valence electrons. The maximum atomic E-state index is 12.4. The van der Waals surface area contributed by atoms with Crippen LogP contribution < -0.4 is 10.6 Å². The Bertz CT molecular complexity index is 322. The highest BCUT2D eigenvalue weighted by molar-refractivity contribution is 5.81. The van der Waals surface area contributed by atoms with Crippen molar-refractivity contribution >= 4 is 5.91 Å². The smallest absolute Gasteiger partial charge is 0.237 e. The number of hydrogen-bond donors (Lipinski definition) is 2. The third-order valence-corrected chi connectivity index (χ3v) is 5.11. The molecular formula is C17H33N3O. The van der Waals surface area contributed by atoms with Crippen molar-refractivity contribution in [2.45, 2.75) is 89.9 Å². The Morgan fingerprint density at radius 1 is 1.24 bits per heavy atom.